The number of ether oxygens (including phenoxy) is 1. The first-order valence-corrected chi connectivity index (χ1v) is 11.1. The number of rotatable bonds is 5. The van der Waals surface area contributed by atoms with Crippen molar-refractivity contribution in [3.05, 3.63) is 108 Å². The molecule has 0 radical (unpaired) electrons. The van der Waals surface area contributed by atoms with Crippen LogP contribution in [0.15, 0.2) is 85.3 Å². The van der Waals surface area contributed by atoms with Crippen molar-refractivity contribution < 1.29 is 9.53 Å². The molecular weight excluding hydrogens is 406 g/mol. The van der Waals surface area contributed by atoms with Gasteiger partial charge in [-0.15, -0.1) is 11.8 Å². The zero-order valence-electron chi connectivity index (χ0n) is 17.0. The van der Waals surface area contributed by atoms with Gasteiger partial charge < -0.3 is 14.6 Å². The van der Waals surface area contributed by atoms with Crippen molar-refractivity contribution in [2.24, 2.45) is 0 Å². The summed E-state index contributed by atoms with van der Waals surface area (Å²) in [5.74, 6) is 2.12. The summed E-state index contributed by atoms with van der Waals surface area (Å²) in [6.07, 6.45) is 5.64. The van der Waals surface area contributed by atoms with Gasteiger partial charge in [-0.2, -0.15) is 0 Å². The number of aryl methyl sites for hydroxylation is 1. The number of benzene rings is 2. The van der Waals surface area contributed by atoms with Gasteiger partial charge in [-0.3, -0.25) is 9.78 Å². The summed E-state index contributed by atoms with van der Waals surface area (Å²) in [6, 6.07) is 21.2. The molecule has 5 nitrogen and oxygen atoms in total. The number of carbonyl (C=O) groups is 1. The lowest BCUT2D eigenvalue weighted by Crippen LogP contribution is -2.13. The predicted octanol–water partition coefficient (Wildman–Crippen LogP) is 6.03. The topological polar surface area (TPSA) is 56.1 Å². The predicted molar refractivity (Wildman–Crippen MR) is 124 cm³/mol. The average Bonchev–Trinajstić information content (AvgIpc) is 3.37. The van der Waals surface area contributed by atoms with Gasteiger partial charge in [0.15, 0.2) is 0 Å². The van der Waals surface area contributed by atoms with Crippen LogP contribution in [0.1, 0.15) is 32.6 Å². The van der Waals surface area contributed by atoms with Gasteiger partial charge in [-0.05, 0) is 48.9 Å². The number of carbonyl (C=O) groups excluding carboxylic acids is 1. The van der Waals surface area contributed by atoms with E-state index in [2.05, 4.69) is 20.9 Å². The monoisotopic (exact) mass is 427 g/mol. The highest BCUT2D eigenvalue weighted by Gasteiger charge is 2.28. The molecule has 6 heteroatoms. The number of anilines is 1. The fraction of sp³-hybridized carbons (Fsp3) is 0.120. The van der Waals surface area contributed by atoms with Crippen LogP contribution in [0.25, 0.3) is 0 Å². The Morgan fingerprint density at radius 3 is 2.74 bits per heavy atom. The summed E-state index contributed by atoms with van der Waals surface area (Å²) >= 11 is 1.80. The Labute approximate surface area is 185 Å². The number of hydrogen-bond acceptors (Lipinski definition) is 4. The summed E-state index contributed by atoms with van der Waals surface area (Å²) in [5, 5.41) is 3.16. The highest BCUT2D eigenvalue weighted by Crippen LogP contribution is 2.42. The summed E-state index contributed by atoms with van der Waals surface area (Å²) in [6.45, 7) is 2.02. The van der Waals surface area contributed by atoms with E-state index < -0.39 is 0 Å². The first-order valence-electron chi connectivity index (χ1n) is 10.0. The molecular formula is C25H21N3O2S. The number of amides is 1. The molecule has 1 atom stereocenters. The Balaban J connectivity index is 1.33. The van der Waals surface area contributed by atoms with E-state index in [9.17, 15) is 4.79 Å². The number of thioether (sulfide) groups is 1. The van der Waals surface area contributed by atoms with Crippen LogP contribution in [-0.4, -0.2) is 15.5 Å². The van der Waals surface area contributed by atoms with E-state index in [1.54, 1.807) is 18.0 Å². The first-order chi connectivity index (χ1) is 15.2. The summed E-state index contributed by atoms with van der Waals surface area (Å²) in [4.78, 5) is 17.2. The molecule has 1 aliphatic heterocycles. The van der Waals surface area contributed by atoms with E-state index in [0.717, 1.165) is 28.3 Å². The van der Waals surface area contributed by atoms with Crippen molar-refractivity contribution in [1.82, 2.24) is 9.55 Å². The fourth-order valence-electron chi connectivity index (χ4n) is 3.73. The van der Waals surface area contributed by atoms with E-state index >= 15 is 0 Å². The first kappa shape index (κ1) is 19.5. The van der Waals surface area contributed by atoms with Crippen molar-refractivity contribution >= 4 is 23.4 Å². The maximum absolute atomic E-state index is 13.0. The van der Waals surface area contributed by atoms with Crippen LogP contribution in [0, 0.1) is 6.92 Å². The minimum atomic E-state index is -0.117. The molecule has 0 saturated carbocycles. The molecule has 0 fully saturated rings. The number of fused-ring (bicyclic) bond motifs is 1. The van der Waals surface area contributed by atoms with E-state index in [0.29, 0.717) is 17.0 Å². The Bertz CT molecular complexity index is 1240. The molecule has 0 bridgehead atoms. The van der Waals surface area contributed by atoms with Crippen LogP contribution in [0.4, 0.5) is 5.69 Å². The smallest absolute Gasteiger partial charge is 0.257 e. The molecule has 1 N–H and O–H groups in total. The van der Waals surface area contributed by atoms with Gasteiger partial charge in [0.25, 0.3) is 5.91 Å². The summed E-state index contributed by atoms with van der Waals surface area (Å²) in [7, 11) is 0. The van der Waals surface area contributed by atoms with Gasteiger partial charge in [0.05, 0.1) is 5.56 Å². The molecule has 31 heavy (non-hydrogen) atoms. The van der Waals surface area contributed by atoms with E-state index in [4.69, 9.17) is 4.74 Å². The van der Waals surface area contributed by atoms with Crippen molar-refractivity contribution in [2.75, 3.05) is 5.32 Å². The SMILES string of the molecule is Cc1cccc(Oc2cccc(NC(=O)c3ccn4c3CSC4c3cccnc3)c2)c1. The molecule has 154 valence electrons. The third kappa shape index (κ3) is 4.07. The van der Waals surface area contributed by atoms with Crippen LogP contribution in [-0.2, 0) is 5.75 Å². The Kier molecular flexibility index (Phi) is 5.22. The van der Waals surface area contributed by atoms with Gasteiger partial charge in [0.2, 0.25) is 0 Å². The number of pyridine rings is 1. The molecule has 1 amide bonds. The molecule has 5 rings (SSSR count). The van der Waals surface area contributed by atoms with Crippen molar-refractivity contribution in [3.8, 4) is 11.5 Å². The van der Waals surface area contributed by atoms with Gasteiger partial charge in [0.1, 0.15) is 16.9 Å². The van der Waals surface area contributed by atoms with Gasteiger partial charge >= 0.3 is 0 Å². The molecule has 1 unspecified atom stereocenters. The van der Waals surface area contributed by atoms with E-state index in [1.807, 2.05) is 80.0 Å². The molecule has 0 aliphatic carbocycles. The Morgan fingerprint density at radius 1 is 1.10 bits per heavy atom. The second-order valence-electron chi connectivity index (χ2n) is 7.43. The highest BCUT2D eigenvalue weighted by molar-refractivity contribution is 7.99. The summed E-state index contributed by atoms with van der Waals surface area (Å²) in [5.41, 5.74) is 4.69. The maximum Gasteiger partial charge on any atom is 0.257 e. The van der Waals surface area contributed by atoms with Crippen molar-refractivity contribution in [3.63, 3.8) is 0 Å². The van der Waals surface area contributed by atoms with Crippen LogP contribution in [0.3, 0.4) is 0 Å². The standard InChI is InChI=1S/C25H21N3O2S/c1-17-5-2-8-20(13-17)30-21-9-3-7-19(14-21)27-24(29)22-10-12-28-23(22)16-31-25(28)18-6-4-11-26-15-18/h2-15,25H,16H2,1H3,(H,27,29). The number of aromatic nitrogens is 2. The normalized spacial score (nSPS) is 14.8. The maximum atomic E-state index is 13.0. The number of nitrogens with zero attached hydrogens (tertiary/aromatic N) is 2. The zero-order chi connectivity index (χ0) is 21.2. The van der Waals surface area contributed by atoms with E-state index in [-0.39, 0.29) is 11.3 Å². The largest absolute Gasteiger partial charge is 0.457 e. The highest BCUT2D eigenvalue weighted by atomic mass is 32.2. The molecule has 4 aromatic rings. The quantitative estimate of drug-likeness (QED) is 0.422. The molecule has 3 heterocycles. The zero-order valence-corrected chi connectivity index (χ0v) is 17.8. The lowest BCUT2D eigenvalue weighted by Gasteiger charge is -2.12. The van der Waals surface area contributed by atoms with Crippen molar-refractivity contribution in [1.29, 1.82) is 0 Å². The number of nitrogens with one attached hydrogen (secondary N) is 1. The minimum absolute atomic E-state index is 0.117. The third-order valence-corrected chi connectivity index (χ3v) is 6.44. The van der Waals surface area contributed by atoms with Gasteiger partial charge in [-0.1, -0.05) is 24.3 Å². The van der Waals surface area contributed by atoms with Crippen LogP contribution >= 0.6 is 11.8 Å². The molecule has 2 aromatic heterocycles. The lowest BCUT2D eigenvalue weighted by molar-refractivity contribution is 0.102. The fourth-order valence-corrected chi connectivity index (χ4v) is 5.04. The van der Waals surface area contributed by atoms with Crippen molar-refractivity contribution in [2.45, 2.75) is 18.1 Å². The molecule has 1 aliphatic rings. The molecule has 2 aromatic carbocycles. The van der Waals surface area contributed by atoms with Crippen LogP contribution < -0.4 is 10.1 Å². The number of hydrogen-bond donors (Lipinski definition) is 1. The van der Waals surface area contributed by atoms with Gasteiger partial charge in [-0.25, -0.2) is 0 Å². The molecule has 0 saturated heterocycles. The second kappa shape index (κ2) is 8.32. The Hall–Kier alpha value is -3.51. The van der Waals surface area contributed by atoms with Crippen LogP contribution in [0.2, 0.25) is 0 Å². The van der Waals surface area contributed by atoms with Gasteiger partial charge in [0, 0.05) is 47.4 Å². The third-order valence-electron chi connectivity index (χ3n) is 5.19. The second-order valence-corrected chi connectivity index (χ2v) is 8.50. The average molecular weight is 428 g/mol. The Morgan fingerprint density at radius 2 is 1.94 bits per heavy atom. The molecule has 0 spiro atoms. The summed E-state index contributed by atoms with van der Waals surface area (Å²) < 4.78 is 8.11. The minimum Gasteiger partial charge on any atom is -0.457 e. The van der Waals surface area contributed by atoms with Crippen LogP contribution in [0.5, 0.6) is 11.5 Å². The van der Waals surface area contributed by atoms with E-state index in [1.165, 1.54) is 0 Å². The lowest BCUT2D eigenvalue weighted by atomic mass is 10.2.